The fourth-order valence-corrected chi connectivity index (χ4v) is 1.34. The second kappa shape index (κ2) is 3.21. The summed E-state index contributed by atoms with van der Waals surface area (Å²) >= 11 is 0. The molecule has 88 valence electrons. The predicted octanol–water partition coefficient (Wildman–Crippen LogP) is 1.66. The number of rotatable bonds is 3. The summed E-state index contributed by atoms with van der Waals surface area (Å²) in [6, 6.07) is 0.326. The van der Waals surface area contributed by atoms with Crippen molar-refractivity contribution in [3.05, 3.63) is 0 Å². The highest BCUT2D eigenvalue weighted by Crippen LogP contribution is 2.45. The normalized spacial score (nSPS) is 24.9. The van der Waals surface area contributed by atoms with Gasteiger partial charge in [-0.25, -0.2) is 0 Å². The predicted molar refractivity (Wildman–Crippen MR) is 62.4 cm³/mol. The topological polar surface area (TPSA) is 55.1 Å². The molecule has 1 amide bonds. The molecule has 0 bridgehead atoms. The maximum atomic E-state index is 12.1. The van der Waals surface area contributed by atoms with E-state index in [9.17, 15) is 4.79 Å². The summed E-state index contributed by atoms with van der Waals surface area (Å²) in [6.45, 7) is 11.9. The lowest BCUT2D eigenvalue weighted by atomic mass is 9.74. The Balaban J connectivity index is 2.62. The Hall–Kier alpha value is -0.570. The first-order chi connectivity index (χ1) is 6.48. The van der Waals surface area contributed by atoms with Gasteiger partial charge in [0.2, 0.25) is 5.91 Å². The molecule has 1 unspecified atom stereocenters. The summed E-state index contributed by atoms with van der Waals surface area (Å²) in [4.78, 5) is 12.1. The Morgan fingerprint density at radius 3 is 2.00 bits per heavy atom. The monoisotopic (exact) mass is 212 g/mol. The zero-order valence-corrected chi connectivity index (χ0v) is 10.8. The Kier molecular flexibility index (Phi) is 2.67. The van der Waals surface area contributed by atoms with Crippen LogP contribution in [0.5, 0.6) is 0 Å². The van der Waals surface area contributed by atoms with E-state index in [1.807, 2.05) is 27.7 Å². The summed E-state index contributed by atoms with van der Waals surface area (Å²) in [5, 5.41) is 3.07. The van der Waals surface area contributed by atoms with Crippen LogP contribution in [0.3, 0.4) is 0 Å². The summed E-state index contributed by atoms with van der Waals surface area (Å²) in [6.07, 6.45) is 1.07. The Morgan fingerprint density at radius 2 is 1.73 bits per heavy atom. The molecule has 3 nitrogen and oxygen atoms in total. The Bertz CT molecular complexity index is 274. The SMILES string of the molecule is CC1(C)CC1NC(=O)C(C)(C)C(C)(C)N. The van der Waals surface area contributed by atoms with E-state index < -0.39 is 11.0 Å². The molecule has 1 saturated carbocycles. The van der Waals surface area contributed by atoms with Gasteiger partial charge in [0.05, 0.1) is 5.41 Å². The van der Waals surface area contributed by atoms with E-state index in [2.05, 4.69) is 19.2 Å². The number of amides is 1. The fourth-order valence-electron chi connectivity index (χ4n) is 1.34. The van der Waals surface area contributed by atoms with Crippen LogP contribution in [0.15, 0.2) is 0 Å². The summed E-state index contributed by atoms with van der Waals surface area (Å²) in [7, 11) is 0. The maximum absolute atomic E-state index is 12.1. The van der Waals surface area contributed by atoms with Crippen LogP contribution in [-0.4, -0.2) is 17.5 Å². The molecule has 3 N–H and O–H groups in total. The lowest BCUT2D eigenvalue weighted by Crippen LogP contribution is -2.56. The third kappa shape index (κ3) is 2.33. The first kappa shape index (κ1) is 12.5. The van der Waals surface area contributed by atoms with Gasteiger partial charge in [-0.15, -0.1) is 0 Å². The van der Waals surface area contributed by atoms with E-state index in [1.165, 1.54) is 0 Å². The van der Waals surface area contributed by atoms with Gasteiger partial charge in [0, 0.05) is 11.6 Å². The van der Waals surface area contributed by atoms with Gasteiger partial charge in [0.1, 0.15) is 0 Å². The average Bonchev–Trinajstić information content (AvgIpc) is 2.55. The van der Waals surface area contributed by atoms with Gasteiger partial charge in [-0.05, 0) is 39.5 Å². The third-order valence-electron chi connectivity index (χ3n) is 4.00. The van der Waals surface area contributed by atoms with Crippen molar-refractivity contribution in [1.82, 2.24) is 5.32 Å². The van der Waals surface area contributed by atoms with Crippen LogP contribution < -0.4 is 11.1 Å². The largest absolute Gasteiger partial charge is 0.352 e. The maximum Gasteiger partial charge on any atom is 0.227 e. The lowest BCUT2D eigenvalue weighted by molar-refractivity contribution is -0.132. The number of hydrogen-bond acceptors (Lipinski definition) is 2. The minimum Gasteiger partial charge on any atom is -0.352 e. The molecule has 0 aromatic heterocycles. The molecule has 1 rings (SSSR count). The van der Waals surface area contributed by atoms with Gasteiger partial charge in [-0.1, -0.05) is 13.8 Å². The number of nitrogens with one attached hydrogen (secondary N) is 1. The molecule has 0 saturated heterocycles. The number of nitrogens with two attached hydrogens (primary N) is 1. The van der Waals surface area contributed by atoms with Gasteiger partial charge < -0.3 is 11.1 Å². The molecule has 0 heterocycles. The van der Waals surface area contributed by atoms with Gasteiger partial charge in [0.25, 0.3) is 0 Å². The number of carbonyl (C=O) groups is 1. The molecule has 1 aliphatic rings. The first-order valence-electron chi connectivity index (χ1n) is 5.58. The molecule has 3 heteroatoms. The van der Waals surface area contributed by atoms with Crippen molar-refractivity contribution >= 4 is 5.91 Å². The second-order valence-corrected chi connectivity index (χ2v) is 6.57. The van der Waals surface area contributed by atoms with E-state index in [1.54, 1.807) is 0 Å². The quantitative estimate of drug-likeness (QED) is 0.747. The van der Waals surface area contributed by atoms with E-state index in [-0.39, 0.29) is 11.3 Å². The van der Waals surface area contributed by atoms with Gasteiger partial charge in [-0.2, -0.15) is 0 Å². The number of carbonyl (C=O) groups excluding carboxylic acids is 1. The molecule has 0 spiro atoms. The average molecular weight is 212 g/mol. The molecule has 0 aliphatic heterocycles. The lowest BCUT2D eigenvalue weighted by Gasteiger charge is -2.37. The summed E-state index contributed by atoms with van der Waals surface area (Å²) in [5.41, 5.74) is 5.25. The molecule has 0 aromatic rings. The molecule has 1 fully saturated rings. The standard InChI is InChI=1S/C12H24N2O/c1-10(2)7-8(10)14-9(15)11(3,4)12(5,6)13/h8H,7,13H2,1-6H3,(H,14,15). The van der Waals surface area contributed by atoms with Crippen LogP contribution in [0.4, 0.5) is 0 Å². The van der Waals surface area contributed by atoms with Crippen molar-refractivity contribution in [2.45, 2.75) is 59.5 Å². The second-order valence-electron chi connectivity index (χ2n) is 6.57. The smallest absolute Gasteiger partial charge is 0.227 e. The van der Waals surface area contributed by atoms with Crippen molar-refractivity contribution in [2.75, 3.05) is 0 Å². The highest BCUT2D eigenvalue weighted by Gasteiger charge is 2.49. The van der Waals surface area contributed by atoms with E-state index in [4.69, 9.17) is 5.73 Å². The zero-order valence-electron chi connectivity index (χ0n) is 10.8. The van der Waals surface area contributed by atoms with Crippen molar-refractivity contribution < 1.29 is 4.79 Å². The minimum absolute atomic E-state index is 0.0607. The molecular weight excluding hydrogens is 188 g/mol. The van der Waals surface area contributed by atoms with Crippen molar-refractivity contribution in [2.24, 2.45) is 16.6 Å². The molecule has 15 heavy (non-hydrogen) atoms. The molecule has 0 radical (unpaired) electrons. The molecular formula is C12H24N2O. The van der Waals surface area contributed by atoms with Gasteiger partial charge in [-0.3, -0.25) is 4.79 Å². The van der Waals surface area contributed by atoms with Crippen LogP contribution in [0.2, 0.25) is 0 Å². The van der Waals surface area contributed by atoms with Crippen LogP contribution in [0.1, 0.15) is 48.0 Å². The summed E-state index contributed by atoms with van der Waals surface area (Å²) < 4.78 is 0. The zero-order chi connectivity index (χ0) is 12.1. The molecule has 0 aromatic carbocycles. The summed E-state index contributed by atoms with van der Waals surface area (Å²) in [5.74, 6) is 0.0607. The number of hydrogen-bond donors (Lipinski definition) is 2. The van der Waals surface area contributed by atoms with Crippen LogP contribution in [0.25, 0.3) is 0 Å². The third-order valence-corrected chi connectivity index (χ3v) is 4.00. The van der Waals surface area contributed by atoms with Crippen molar-refractivity contribution in [3.63, 3.8) is 0 Å². The fraction of sp³-hybridized carbons (Fsp3) is 0.917. The molecule has 1 atom stereocenters. The van der Waals surface area contributed by atoms with Crippen LogP contribution in [-0.2, 0) is 4.79 Å². The van der Waals surface area contributed by atoms with Crippen LogP contribution in [0, 0.1) is 10.8 Å². The van der Waals surface area contributed by atoms with Gasteiger partial charge in [0.15, 0.2) is 0 Å². The highest BCUT2D eigenvalue weighted by atomic mass is 16.2. The highest BCUT2D eigenvalue weighted by molar-refractivity contribution is 5.84. The van der Waals surface area contributed by atoms with Gasteiger partial charge >= 0.3 is 0 Å². The Morgan fingerprint density at radius 1 is 1.33 bits per heavy atom. The minimum atomic E-state index is -0.536. The van der Waals surface area contributed by atoms with E-state index >= 15 is 0 Å². The molecule has 1 aliphatic carbocycles. The Labute approximate surface area is 92.8 Å². The first-order valence-corrected chi connectivity index (χ1v) is 5.58. The van der Waals surface area contributed by atoms with Crippen LogP contribution >= 0.6 is 0 Å². The van der Waals surface area contributed by atoms with Crippen molar-refractivity contribution in [3.8, 4) is 0 Å². The van der Waals surface area contributed by atoms with E-state index in [0.717, 1.165) is 6.42 Å². The van der Waals surface area contributed by atoms with E-state index in [0.29, 0.717) is 6.04 Å². The van der Waals surface area contributed by atoms with Crippen molar-refractivity contribution in [1.29, 1.82) is 0 Å².